The number of nitrogens with one attached hydrogen (secondary N) is 1. The summed E-state index contributed by atoms with van der Waals surface area (Å²) in [6, 6.07) is 13.2. The maximum Gasteiger partial charge on any atom is 0.239 e. The molecular formula is C15H16N2O2. The quantitative estimate of drug-likeness (QED) is 0.867. The van der Waals surface area contributed by atoms with Crippen LogP contribution in [0.4, 0.5) is 0 Å². The maximum absolute atomic E-state index is 11.7. The molecule has 19 heavy (non-hydrogen) atoms. The number of hydrogen-bond acceptors (Lipinski definition) is 2. The summed E-state index contributed by atoms with van der Waals surface area (Å²) < 4.78 is 0. The maximum atomic E-state index is 11.7. The molecule has 2 rings (SSSR count). The van der Waals surface area contributed by atoms with E-state index in [9.17, 15) is 9.59 Å². The van der Waals surface area contributed by atoms with Crippen molar-refractivity contribution in [3.8, 4) is 0 Å². The van der Waals surface area contributed by atoms with Crippen molar-refractivity contribution in [1.29, 1.82) is 0 Å². The van der Waals surface area contributed by atoms with Crippen LogP contribution in [0, 0.1) is 0 Å². The van der Waals surface area contributed by atoms with E-state index >= 15 is 0 Å². The molecule has 0 saturated heterocycles. The third kappa shape index (κ3) is 3.31. The van der Waals surface area contributed by atoms with Crippen LogP contribution in [-0.2, 0) is 16.0 Å². The van der Waals surface area contributed by atoms with Crippen LogP contribution in [0.2, 0.25) is 0 Å². The van der Waals surface area contributed by atoms with Crippen LogP contribution >= 0.6 is 0 Å². The Bertz CT molecular complexity index is 622. The Morgan fingerprint density at radius 3 is 2.53 bits per heavy atom. The molecule has 2 aromatic carbocycles. The Morgan fingerprint density at radius 1 is 1.16 bits per heavy atom. The van der Waals surface area contributed by atoms with E-state index in [1.165, 1.54) is 0 Å². The summed E-state index contributed by atoms with van der Waals surface area (Å²) in [7, 11) is 0. The average molecular weight is 256 g/mol. The summed E-state index contributed by atoms with van der Waals surface area (Å²) in [6.45, 7) is 1.57. The van der Waals surface area contributed by atoms with Gasteiger partial charge in [0.2, 0.25) is 11.8 Å². The van der Waals surface area contributed by atoms with E-state index in [0.29, 0.717) is 0 Å². The molecule has 0 heterocycles. The first-order chi connectivity index (χ1) is 9.06. The lowest BCUT2D eigenvalue weighted by Gasteiger charge is -2.10. The van der Waals surface area contributed by atoms with Gasteiger partial charge in [-0.05, 0) is 23.3 Å². The molecule has 0 bridgehead atoms. The number of amides is 2. The van der Waals surface area contributed by atoms with Crippen molar-refractivity contribution in [2.75, 3.05) is 0 Å². The number of rotatable bonds is 4. The van der Waals surface area contributed by atoms with Gasteiger partial charge in [-0.3, -0.25) is 9.59 Å². The SMILES string of the molecule is C[C@@H](NC(=O)Cc1ccc2ccccc2c1)C(N)=O. The summed E-state index contributed by atoms with van der Waals surface area (Å²) in [4.78, 5) is 22.6. The Hall–Kier alpha value is -2.36. The van der Waals surface area contributed by atoms with E-state index in [2.05, 4.69) is 5.32 Å². The molecule has 98 valence electrons. The molecule has 0 radical (unpaired) electrons. The summed E-state index contributed by atoms with van der Waals surface area (Å²) in [5.41, 5.74) is 6.01. The first-order valence-electron chi connectivity index (χ1n) is 6.12. The largest absolute Gasteiger partial charge is 0.368 e. The third-order valence-corrected chi connectivity index (χ3v) is 2.98. The van der Waals surface area contributed by atoms with E-state index in [1.807, 2.05) is 42.5 Å². The van der Waals surface area contributed by atoms with E-state index in [-0.39, 0.29) is 12.3 Å². The fourth-order valence-electron chi connectivity index (χ4n) is 1.90. The lowest BCUT2D eigenvalue weighted by Crippen LogP contribution is -2.42. The highest BCUT2D eigenvalue weighted by Gasteiger charge is 2.12. The van der Waals surface area contributed by atoms with E-state index < -0.39 is 11.9 Å². The molecule has 0 spiro atoms. The van der Waals surface area contributed by atoms with E-state index in [0.717, 1.165) is 16.3 Å². The van der Waals surface area contributed by atoms with Gasteiger partial charge in [0.25, 0.3) is 0 Å². The number of hydrogen-bond donors (Lipinski definition) is 2. The van der Waals surface area contributed by atoms with Crippen molar-refractivity contribution < 1.29 is 9.59 Å². The van der Waals surface area contributed by atoms with Crippen LogP contribution in [0.1, 0.15) is 12.5 Å². The number of nitrogens with two attached hydrogens (primary N) is 1. The van der Waals surface area contributed by atoms with Gasteiger partial charge in [-0.1, -0.05) is 42.5 Å². The Balaban J connectivity index is 2.09. The molecule has 2 aromatic rings. The smallest absolute Gasteiger partial charge is 0.239 e. The highest BCUT2D eigenvalue weighted by Crippen LogP contribution is 2.15. The molecule has 4 heteroatoms. The Morgan fingerprint density at radius 2 is 1.84 bits per heavy atom. The highest BCUT2D eigenvalue weighted by atomic mass is 16.2. The first kappa shape index (κ1) is 13.1. The number of primary amides is 1. The predicted molar refractivity (Wildman–Crippen MR) is 74.5 cm³/mol. The summed E-state index contributed by atoms with van der Waals surface area (Å²) in [5.74, 6) is -0.742. The van der Waals surface area contributed by atoms with Crippen LogP contribution in [0.25, 0.3) is 10.8 Å². The molecule has 2 amide bonds. The molecule has 0 aromatic heterocycles. The second kappa shape index (κ2) is 5.52. The van der Waals surface area contributed by atoms with Crippen molar-refractivity contribution in [2.45, 2.75) is 19.4 Å². The first-order valence-corrected chi connectivity index (χ1v) is 6.12. The van der Waals surface area contributed by atoms with Crippen molar-refractivity contribution >= 4 is 22.6 Å². The van der Waals surface area contributed by atoms with Crippen molar-refractivity contribution in [1.82, 2.24) is 5.32 Å². The standard InChI is InChI=1S/C15H16N2O2/c1-10(15(16)19)17-14(18)9-11-6-7-12-4-2-3-5-13(12)8-11/h2-8,10H,9H2,1H3,(H2,16,19)(H,17,18)/t10-/m1/s1. The Kier molecular flexibility index (Phi) is 3.80. The molecule has 0 fully saturated rings. The van der Waals surface area contributed by atoms with Gasteiger partial charge in [-0.15, -0.1) is 0 Å². The number of benzene rings is 2. The van der Waals surface area contributed by atoms with Gasteiger partial charge < -0.3 is 11.1 Å². The second-order valence-corrected chi connectivity index (χ2v) is 4.55. The third-order valence-electron chi connectivity index (χ3n) is 2.98. The molecule has 0 aliphatic rings. The number of carbonyl (C=O) groups is 2. The van der Waals surface area contributed by atoms with Gasteiger partial charge in [0.05, 0.1) is 6.42 Å². The number of carbonyl (C=O) groups excluding carboxylic acids is 2. The molecule has 0 aliphatic heterocycles. The zero-order valence-electron chi connectivity index (χ0n) is 10.7. The van der Waals surface area contributed by atoms with Crippen LogP contribution in [0.15, 0.2) is 42.5 Å². The molecule has 4 nitrogen and oxygen atoms in total. The van der Waals surface area contributed by atoms with Gasteiger partial charge in [0, 0.05) is 0 Å². The van der Waals surface area contributed by atoms with E-state index in [1.54, 1.807) is 6.92 Å². The Labute approximate surface area is 111 Å². The summed E-state index contributed by atoms with van der Waals surface area (Å²) in [5, 5.41) is 4.79. The topological polar surface area (TPSA) is 72.2 Å². The van der Waals surface area contributed by atoms with E-state index in [4.69, 9.17) is 5.73 Å². The second-order valence-electron chi connectivity index (χ2n) is 4.55. The zero-order chi connectivity index (χ0) is 13.8. The fourth-order valence-corrected chi connectivity index (χ4v) is 1.90. The number of fused-ring (bicyclic) bond motifs is 1. The molecule has 0 unspecified atom stereocenters. The predicted octanol–water partition coefficient (Wildman–Crippen LogP) is 1.37. The van der Waals surface area contributed by atoms with Gasteiger partial charge in [-0.25, -0.2) is 0 Å². The monoisotopic (exact) mass is 256 g/mol. The lowest BCUT2D eigenvalue weighted by molar-refractivity contribution is -0.126. The molecule has 0 saturated carbocycles. The van der Waals surface area contributed by atoms with Crippen molar-refractivity contribution in [3.05, 3.63) is 48.0 Å². The summed E-state index contributed by atoms with van der Waals surface area (Å²) in [6.07, 6.45) is 0.239. The molecular weight excluding hydrogens is 240 g/mol. The summed E-state index contributed by atoms with van der Waals surface area (Å²) >= 11 is 0. The van der Waals surface area contributed by atoms with Gasteiger partial charge in [0.1, 0.15) is 6.04 Å². The average Bonchev–Trinajstić information content (AvgIpc) is 2.38. The normalized spacial score (nSPS) is 12.1. The highest BCUT2D eigenvalue weighted by molar-refractivity contribution is 5.88. The fraction of sp³-hybridized carbons (Fsp3) is 0.200. The van der Waals surface area contributed by atoms with Gasteiger partial charge in [-0.2, -0.15) is 0 Å². The van der Waals surface area contributed by atoms with Crippen LogP contribution in [-0.4, -0.2) is 17.9 Å². The molecule has 3 N–H and O–H groups in total. The molecule has 1 atom stereocenters. The van der Waals surface area contributed by atoms with Gasteiger partial charge in [0.15, 0.2) is 0 Å². The minimum Gasteiger partial charge on any atom is -0.368 e. The van der Waals surface area contributed by atoms with Crippen LogP contribution < -0.4 is 11.1 Å². The van der Waals surface area contributed by atoms with Crippen molar-refractivity contribution in [2.24, 2.45) is 5.73 Å². The lowest BCUT2D eigenvalue weighted by atomic mass is 10.0. The van der Waals surface area contributed by atoms with Gasteiger partial charge >= 0.3 is 0 Å². The van der Waals surface area contributed by atoms with Crippen molar-refractivity contribution in [3.63, 3.8) is 0 Å². The van der Waals surface area contributed by atoms with Crippen LogP contribution in [0.5, 0.6) is 0 Å². The molecule has 0 aliphatic carbocycles. The minimum absolute atomic E-state index is 0.207. The minimum atomic E-state index is -0.645. The van der Waals surface area contributed by atoms with Crippen LogP contribution in [0.3, 0.4) is 0 Å². The zero-order valence-corrected chi connectivity index (χ0v) is 10.7.